The van der Waals surface area contributed by atoms with Crippen molar-refractivity contribution in [3.05, 3.63) is 22.4 Å². The van der Waals surface area contributed by atoms with Crippen molar-refractivity contribution < 1.29 is 4.79 Å². The first kappa shape index (κ1) is 18.2. The van der Waals surface area contributed by atoms with Gasteiger partial charge in [-0.05, 0) is 31.2 Å². The highest BCUT2D eigenvalue weighted by atomic mass is 127. The van der Waals surface area contributed by atoms with Gasteiger partial charge in [-0.25, -0.2) is 4.99 Å². The summed E-state index contributed by atoms with van der Waals surface area (Å²) >= 11 is 1.71. The number of guanidine groups is 1. The minimum atomic E-state index is 0. The van der Waals surface area contributed by atoms with Crippen molar-refractivity contribution in [1.29, 1.82) is 0 Å². The zero-order chi connectivity index (χ0) is 14.2. The topological polar surface area (TPSA) is 65.5 Å². The van der Waals surface area contributed by atoms with E-state index < -0.39 is 0 Å². The van der Waals surface area contributed by atoms with Gasteiger partial charge >= 0.3 is 0 Å². The van der Waals surface area contributed by atoms with Gasteiger partial charge in [0.25, 0.3) is 0 Å². The zero-order valence-corrected chi connectivity index (χ0v) is 15.4. The van der Waals surface area contributed by atoms with E-state index in [0.717, 1.165) is 25.3 Å². The molecule has 1 saturated carbocycles. The molecule has 21 heavy (non-hydrogen) atoms. The van der Waals surface area contributed by atoms with Crippen LogP contribution in [0.2, 0.25) is 0 Å². The van der Waals surface area contributed by atoms with Gasteiger partial charge in [0.2, 0.25) is 5.91 Å². The van der Waals surface area contributed by atoms with Crippen LogP contribution in [0.25, 0.3) is 0 Å². The summed E-state index contributed by atoms with van der Waals surface area (Å²) in [5, 5.41) is 11.4. The van der Waals surface area contributed by atoms with E-state index in [1.807, 2.05) is 13.0 Å². The van der Waals surface area contributed by atoms with Crippen molar-refractivity contribution >= 4 is 47.2 Å². The van der Waals surface area contributed by atoms with Crippen LogP contribution in [0.15, 0.2) is 22.5 Å². The van der Waals surface area contributed by atoms with E-state index in [9.17, 15) is 4.79 Å². The van der Waals surface area contributed by atoms with Crippen LogP contribution in [-0.2, 0) is 11.3 Å². The lowest BCUT2D eigenvalue weighted by atomic mass is 10.4. The molecule has 0 atom stereocenters. The Labute approximate surface area is 147 Å². The molecular formula is C14H23IN4OS. The number of carbonyl (C=O) groups excluding carboxylic acids is 1. The van der Waals surface area contributed by atoms with Crippen molar-refractivity contribution in [2.24, 2.45) is 10.9 Å². The Morgan fingerprint density at radius 1 is 1.33 bits per heavy atom. The summed E-state index contributed by atoms with van der Waals surface area (Å²) in [6, 6.07) is 4.11. The van der Waals surface area contributed by atoms with Crippen LogP contribution in [-0.4, -0.2) is 31.5 Å². The second kappa shape index (κ2) is 9.99. The molecule has 2 rings (SSSR count). The Hall–Kier alpha value is -0.830. The summed E-state index contributed by atoms with van der Waals surface area (Å²) in [5.74, 6) is 1.25. The van der Waals surface area contributed by atoms with Crippen molar-refractivity contribution in [2.45, 2.75) is 26.3 Å². The minimum Gasteiger partial charge on any atom is -0.357 e. The van der Waals surface area contributed by atoms with Gasteiger partial charge in [0.05, 0.1) is 6.54 Å². The number of aliphatic imine (C=N–C) groups is 1. The van der Waals surface area contributed by atoms with Gasteiger partial charge in [-0.3, -0.25) is 4.79 Å². The highest BCUT2D eigenvalue weighted by Crippen LogP contribution is 2.28. The molecule has 1 aromatic rings. The summed E-state index contributed by atoms with van der Waals surface area (Å²) in [4.78, 5) is 17.2. The van der Waals surface area contributed by atoms with E-state index in [1.165, 1.54) is 4.88 Å². The maximum absolute atomic E-state index is 11.5. The third-order valence-corrected chi connectivity index (χ3v) is 3.84. The Bertz CT molecular complexity index is 446. The predicted molar refractivity (Wildman–Crippen MR) is 98.3 cm³/mol. The van der Waals surface area contributed by atoms with Crippen LogP contribution in [0.3, 0.4) is 0 Å². The molecule has 0 spiro atoms. The average Bonchev–Trinajstić information content (AvgIpc) is 3.17. The molecule has 0 bridgehead atoms. The second-order valence-electron chi connectivity index (χ2n) is 4.77. The SMILES string of the molecule is CCNC(=NCc1cccs1)NCCNC(=O)C1CC1.I. The first-order valence-corrected chi connectivity index (χ1v) is 8.00. The maximum atomic E-state index is 11.5. The molecule has 0 aromatic carbocycles. The number of carbonyl (C=O) groups is 1. The number of amides is 1. The van der Waals surface area contributed by atoms with E-state index in [2.05, 4.69) is 32.4 Å². The highest BCUT2D eigenvalue weighted by molar-refractivity contribution is 14.0. The number of thiophene rings is 1. The van der Waals surface area contributed by atoms with Crippen LogP contribution in [0, 0.1) is 5.92 Å². The van der Waals surface area contributed by atoms with Crippen LogP contribution in [0.1, 0.15) is 24.6 Å². The summed E-state index contributed by atoms with van der Waals surface area (Å²) in [5.41, 5.74) is 0. The fourth-order valence-corrected chi connectivity index (χ4v) is 2.39. The van der Waals surface area contributed by atoms with E-state index in [-0.39, 0.29) is 35.8 Å². The summed E-state index contributed by atoms with van der Waals surface area (Å²) in [6.07, 6.45) is 2.09. The van der Waals surface area contributed by atoms with Crippen molar-refractivity contribution in [3.8, 4) is 0 Å². The first-order chi connectivity index (χ1) is 9.79. The van der Waals surface area contributed by atoms with E-state index >= 15 is 0 Å². The normalized spacial score (nSPS) is 14.2. The Balaban J connectivity index is 0.00000220. The fourth-order valence-electron chi connectivity index (χ4n) is 1.76. The maximum Gasteiger partial charge on any atom is 0.223 e. The summed E-state index contributed by atoms with van der Waals surface area (Å²) < 4.78 is 0. The van der Waals surface area contributed by atoms with Gasteiger partial charge < -0.3 is 16.0 Å². The molecule has 0 saturated heterocycles. The number of nitrogens with one attached hydrogen (secondary N) is 3. The molecule has 0 radical (unpaired) electrons. The van der Waals surface area contributed by atoms with Crippen LogP contribution >= 0.6 is 35.3 Å². The molecule has 0 aliphatic heterocycles. The van der Waals surface area contributed by atoms with Crippen molar-refractivity contribution in [1.82, 2.24) is 16.0 Å². The molecule has 7 heteroatoms. The molecule has 5 nitrogen and oxygen atoms in total. The first-order valence-electron chi connectivity index (χ1n) is 7.12. The lowest BCUT2D eigenvalue weighted by molar-refractivity contribution is -0.122. The number of halogens is 1. The lowest BCUT2D eigenvalue weighted by Crippen LogP contribution is -2.41. The minimum absolute atomic E-state index is 0. The van der Waals surface area contributed by atoms with Gasteiger partial charge in [0, 0.05) is 30.4 Å². The monoisotopic (exact) mass is 422 g/mol. The van der Waals surface area contributed by atoms with Gasteiger partial charge in [-0.1, -0.05) is 6.07 Å². The van der Waals surface area contributed by atoms with Crippen LogP contribution in [0.5, 0.6) is 0 Å². The van der Waals surface area contributed by atoms with E-state index in [4.69, 9.17) is 0 Å². The average molecular weight is 422 g/mol. The smallest absolute Gasteiger partial charge is 0.223 e. The predicted octanol–water partition coefficient (Wildman–Crippen LogP) is 1.95. The standard InChI is InChI=1S/C14H22N4OS.HI/c1-2-15-14(18-10-12-4-3-9-20-12)17-8-7-16-13(19)11-5-6-11;/h3-4,9,11H,2,5-8,10H2,1H3,(H,16,19)(H2,15,17,18);1H. The highest BCUT2D eigenvalue weighted by Gasteiger charge is 2.28. The summed E-state index contributed by atoms with van der Waals surface area (Å²) in [7, 11) is 0. The van der Waals surface area contributed by atoms with Gasteiger partial charge in [-0.2, -0.15) is 0 Å². The molecule has 0 unspecified atom stereocenters. The van der Waals surface area contributed by atoms with Crippen molar-refractivity contribution in [3.63, 3.8) is 0 Å². The molecule has 118 valence electrons. The molecule has 1 heterocycles. The zero-order valence-electron chi connectivity index (χ0n) is 12.2. The molecule has 3 N–H and O–H groups in total. The lowest BCUT2D eigenvalue weighted by Gasteiger charge is -2.11. The molecule has 1 aromatic heterocycles. The van der Waals surface area contributed by atoms with Crippen molar-refractivity contribution in [2.75, 3.05) is 19.6 Å². The van der Waals surface area contributed by atoms with Gasteiger partial charge in [0.1, 0.15) is 0 Å². The van der Waals surface area contributed by atoms with E-state index in [1.54, 1.807) is 11.3 Å². The Kier molecular flexibility index (Phi) is 8.67. The molecule has 1 amide bonds. The number of nitrogens with zero attached hydrogens (tertiary/aromatic N) is 1. The van der Waals surface area contributed by atoms with Crippen LogP contribution < -0.4 is 16.0 Å². The van der Waals surface area contributed by atoms with Gasteiger partial charge in [-0.15, -0.1) is 35.3 Å². The Morgan fingerprint density at radius 2 is 2.10 bits per heavy atom. The quantitative estimate of drug-likeness (QED) is 0.273. The third-order valence-electron chi connectivity index (χ3n) is 2.98. The number of rotatable bonds is 7. The molecule has 1 fully saturated rings. The number of hydrogen-bond donors (Lipinski definition) is 3. The van der Waals surface area contributed by atoms with Crippen LogP contribution in [0.4, 0.5) is 0 Å². The number of hydrogen-bond acceptors (Lipinski definition) is 3. The van der Waals surface area contributed by atoms with Gasteiger partial charge in [0.15, 0.2) is 5.96 Å². The summed E-state index contributed by atoms with van der Waals surface area (Å²) in [6.45, 7) is 4.87. The second-order valence-corrected chi connectivity index (χ2v) is 5.80. The fraction of sp³-hybridized carbons (Fsp3) is 0.571. The third kappa shape index (κ3) is 7.12. The molecule has 1 aliphatic carbocycles. The Morgan fingerprint density at radius 3 is 2.71 bits per heavy atom. The van der Waals surface area contributed by atoms with E-state index in [0.29, 0.717) is 19.6 Å². The largest absolute Gasteiger partial charge is 0.357 e. The molecular weight excluding hydrogens is 399 g/mol. The molecule has 1 aliphatic rings.